The molecule has 144 valence electrons. The molecule has 4 aromatic heterocycles. The minimum Gasteiger partial charge on any atom is -0.399 e. The van der Waals surface area contributed by atoms with Gasteiger partial charge in [-0.15, -0.1) is 5.10 Å². The smallest absolute Gasteiger partial charge is 0.399 e. The zero-order chi connectivity index (χ0) is 19.5. The molecule has 1 atom stereocenters. The molecule has 28 heavy (non-hydrogen) atoms. The molecule has 5 rings (SSSR count). The summed E-state index contributed by atoms with van der Waals surface area (Å²) in [4.78, 5) is 9.08. The van der Waals surface area contributed by atoms with Gasteiger partial charge in [0.25, 0.3) is 0 Å². The molecule has 11 heteroatoms. The number of aromatic amines is 1. The van der Waals surface area contributed by atoms with Crippen LogP contribution in [0.2, 0.25) is 0 Å². The molecule has 1 N–H and O–H groups in total. The van der Waals surface area contributed by atoms with E-state index in [0.717, 1.165) is 16.8 Å². The van der Waals surface area contributed by atoms with Gasteiger partial charge in [-0.25, -0.2) is 9.50 Å². The second-order valence-corrected chi connectivity index (χ2v) is 6.59. The lowest BCUT2D eigenvalue weighted by molar-refractivity contribution is -0.157. The highest BCUT2D eigenvalue weighted by atomic mass is 19.4. The van der Waals surface area contributed by atoms with Crippen LogP contribution in [0, 0.1) is 6.92 Å². The molecule has 8 nitrogen and oxygen atoms in total. The molecular formula is C17H14F3N7O. The number of nitrogens with one attached hydrogen (secondary N) is 1. The number of alkyl halides is 3. The molecule has 0 aromatic carbocycles. The van der Waals surface area contributed by atoms with E-state index in [4.69, 9.17) is 4.42 Å². The fourth-order valence-electron chi connectivity index (χ4n) is 3.54. The van der Waals surface area contributed by atoms with Gasteiger partial charge in [0, 0.05) is 24.9 Å². The first-order chi connectivity index (χ1) is 13.4. The first-order valence-corrected chi connectivity index (χ1v) is 8.56. The van der Waals surface area contributed by atoms with Crippen LogP contribution in [0.3, 0.4) is 0 Å². The Kier molecular flexibility index (Phi) is 3.48. The lowest BCUT2D eigenvalue weighted by atomic mass is 10.00. The minimum atomic E-state index is -4.70. The van der Waals surface area contributed by atoms with E-state index in [9.17, 15) is 13.2 Å². The Labute approximate surface area is 156 Å². The Morgan fingerprint density at radius 1 is 1.29 bits per heavy atom. The van der Waals surface area contributed by atoms with E-state index in [1.165, 1.54) is 0 Å². The molecule has 0 bridgehead atoms. The highest BCUT2D eigenvalue weighted by Gasteiger charge is 2.41. The van der Waals surface area contributed by atoms with E-state index >= 15 is 0 Å². The van der Waals surface area contributed by atoms with E-state index in [1.54, 1.807) is 15.7 Å². The van der Waals surface area contributed by atoms with Crippen molar-refractivity contribution >= 4 is 11.5 Å². The van der Waals surface area contributed by atoms with Crippen molar-refractivity contribution in [1.82, 2.24) is 29.8 Å². The summed E-state index contributed by atoms with van der Waals surface area (Å²) >= 11 is 0. The topological polar surface area (TPSA) is 88.1 Å². The van der Waals surface area contributed by atoms with Gasteiger partial charge in [-0.1, -0.05) is 11.2 Å². The first-order valence-electron chi connectivity index (χ1n) is 8.56. The van der Waals surface area contributed by atoms with E-state index in [1.807, 2.05) is 31.3 Å². The molecule has 0 unspecified atom stereocenters. The molecule has 1 aliphatic rings. The summed E-state index contributed by atoms with van der Waals surface area (Å²) in [6.07, 6.45) is -0.758. The van der Waals surface area contributed by atoms with Gasteiger partial charge in [-0.05, 0) is 24.6 Å². The van der Waals surface area contributed by atoms with Crippen molar-refractivity contribution in [3.8, 4) is 0 Å². The predicted octanol–water partition coefficient (Wildman–Crippen LogP) is 2.92. The summed E-state index contributed by atoms with van der Waals surface area (Å²) < 4.78 is 45.4. The van der Waals surface area contributed by atoms with Crippen LogP contribution in [-0.4, -0.2) is 36.3 Å². The summed E-state index contributed by atoms with van der Waals surface area (Å²) in [6, 6.07) is 4.99. The lowest BCUT2D eigenvalue weighted by Crippen LogP contribution is -2.37. The second kappa shape index (κ2) is 5.81. The van der Waals surface area contributed by atoms with Crippen LogP contribution in [-0.2, 0) is 12.6 Å². The van der Waals surface area contributed by atoms with Crippen LogP contribution >= 0.6 is 0 Å². The fourth-order valence-corrected chi connectivity index (χ4v) is 3.54. The number of hydrogen-bond acceptors (Lipinski definition) is 6. The second-order valence-electron chi connectivity index (χ2n) is 6.59. The van der Waals surface area contributed by atoms with Crippen molar-refractivity contribution in [3.05, 3.63) is 59.3 Å². The fraction of sp³-hybridized carbons (Fsp3) is 0.294. The number of fused-ring (bicyclic) bond motifs is 2. The first kappa shape index (κ1) is 16.8. The van der Waals surface area contributed by atoms with Gasteiger partial charge in [-0.2, -0.15) is 18.3 Å². The van der Waals surface area contributed by atoms with Crippen molar-refractivity contribution in [2.75, 3.05) is 11.4 Å². The van der Waals surface area contributed by atoms with E-state index in [-0.39, 0.29) is 6.01 Å². The van der Waals surface area contributed by atoms with Gasteiger partial charge < -0.3 is 14.3 Å². The summed E-state index contributed by atoms with van der Waals surface area (Å²) in [5.74, 6) is -1.38. The van der Waals surface area contributed by atoms with Crippen LogP contribution in [0.15, 0.2) is 35.1 Å². The van der Waals surface area contributed by atoms with Crippen molar-refractivity contribution in [2.45, 2.75) is 25.6 Å². The number of aromatic nitrogens is 6. The molecule has 1 aliphatic heterocycles. The van der Waals surface area contributed by atoms with Gasteiger partial charge in [0.15, 0.2) is 0 Å². The van der Waals surface area contributed by atoms with Gasteiger partial charge >= 0.3 is 18.1 Å². The zero-order valence-corrected chi connectivity index (χ0v) is 14.6. The molecule has 0 saturated heterocycles. The third kappa shape index (κ3) is 2.53. The Hall–Kier alpha value is -3.37. The molecule has 0 fully saturated rings. The Morgan fingerprint density at radius 3 is 2.89 bits per heavy atom. The number of anilines is 1. The Bertz CT molecular complexity index is 1160. The molecule has 4 aromatic rings. The molecule has 0 amide bonds. The van der Waals surface area contributed by atoms with E-state index in [2.05, 4.69) is 25.3 Å². The van der Waals surface area contributed by atoms with Crippen LogP contribution in [0.5, 0.6) is 0 Å². The van der Waals surface area contributed by atoms with Crippen molar-refractivity contribution < 1.29 is 17.6 Å². The largest absolute Gasteiger partial charge is 0.470 e. The maximum atomic E-state index is 12.9. The molecule has 0 saturated carbocycles. The molecule has 0 aliphatic carbocycles. The molecule has 0 spiro atoms. The monoisotopic (exact) mass is 389 g/mol. The normalized spacial score (nSPS) is 17.3. The number of rotatable bonds is 2. The number of pyridine rings is 1. The van der Waals surface area contributed by atoms with Crippen molar-refractivity contribution in [3.63, 3.8) is 0 Å². The third-order valence-corrected chi connectivity index (χ3v) is 4.84. The van der Waals surface area contributed by atoms with Crippen LogP contribution in [0.25, 0.3) is 5.52 Å². The zero-order valence-electron chi connectivity index (χ0n) is 14.6. The highest BCUT2D eigenvalue weighted by molar-refractivity contribution is 5.56. The standard InChI is InChI=1S/C17H14F3N7O/c1-9-3-2-5-27-12(9)7-11(25-27)14-13-10(21-8-22-13)4-6-26(14)16-24-23-15(28-16)17(18,19)20/h2-3,5,7-8,14H,4,6H2,1H3,(H,21,22)/t14-/m1/s1. The number of halogens is 3. The summed E-state index contributed by atoms with van der Waals surface area (Å²) in [5, 5.41) is 11.4. The number of nitrogens with zero attached hydrogens (tertiary/aromatic N) is 6. The van der Waals surface area contributed by atoms with E-state index < -0.39 is 18.1 Å². The average Bonchev–Trinajstić information content (AvgIpc) is 3.38. The Balaban J connectivity index is 1.64. The predicted molar refractivity (Wildman–Crippen MR) is 90.7 cm³/mol. The number of H-pyrrole nitrogens is 1. The van der Waals surface area contributed by atoms with Crippen molar-refractivity contribution in [2.24, 2.45) is 0 Å². The average molecular weight is 389 g/mol. The molecular weight excluding hydrogens is 375 g/mol. The van der Waals surface area contributed by atoms with Crippen LogP contribution in [0.4, 0.5) is 19.2 Å². The third-order valence-electron chi connectivity index (χ3n) is 4.84. The van der Waals surface area contributed by atoms with Crippen LogP contribution in [0.1, 0.15) is 34.6 Å². The summed E-state index contributed by atoms with van der Waals surface area (Å²) in [7, 11) is 0. The quantitative estimate of drug-likeness (QED) is 0.567. The van der Waals surface area contributed by atoms with Gasteiger partial charge in [-0.3, -0.25) is 0 Å². The van der Waals surface area contributed by atoms with Gasteiger partial charge in [0.05, 0.1) is 23.2 Å². The number of aryl methyl sites for hydroxylation is 1. The molecule has 5 heterocycles. The molecule has 0 radical (unpaired) electrons. The summed E-state index contributed by atoms with van der Waals surface area (Å²) in [5.41, 5.74) is 4.16. The maximum Gasteiger partial charge on any atom is 0.470 e. The maximum absolute atomic E-state index is 12.9. The lowest BCUT2D eigenvalue weighted by Gasteiger charge is -2.32. The Morgan fingerprint density at radius 2 is 2.14 bits per heavy atom. The van der Waals surface area contributed by atoms with Gasteiger partial charge in [0.1, 0.15) is 6.04 Å². The van der Waals surface area contributed by atoms with E-state index in [0.29, 0.717) is 24.4 Å². The van der Waals surface area contributed by atoms with Crippen molar-refractivity contribution in [1.29, 1.82) is 0 Å². The number of imidazole rings is 1. The van der Waals surface area contributed by atoms with Gasteiger partial charge in [0.2, 0.25) is 0 Å². The summed E-state index contributed by atoms with van der Waals surface area (Å²) in [6.45, 7) is 2.35. The SMILES string of the molecule is Cc1cccn2nc([C@@H]3c4nc[nH]c4CCN3c3nnc(C(F)(F)F)o3)cc12. The highest BCUT2D eigenvalue weighted by Crippen LogP contribution is 2.38. The minimum absolute atomic E-state index is 0.209. The van der Waals surface area contributed by atoms with Crippen LogP contribution < -0.4 is 4.90 Å². The number of hydrogen-bond donors (Lipinski definition) is 1.